The lowest BCUT2D eigenvalue weighted by molar-refractivity contribution is 0.215. The van der Waals surface area contributed by atoms with Gasteiger partial charge in [-0.15, -0.1) is 0 Å². The molecule has 2 aromatic rings. The molecule has 1 aromatic carbocycles. The molecular formula is C16H22N4O2. The van der Waals surface area contributed by atoms with Gasteiger partial charge in [0.2, 0.25) is 5.89 Å². The predicted octanol–water partition coefficient (Wildman–Crippen LogP) is 2.22. The van der Waals surface area contributed by atoms with Crippen LogP contribution >= 0.6 is 0 Å². The van der Waals surface area contributed by atoms with Crippen molar-refractivity contribution >= 4 is 5.69 Å². The summed E-state index contributed by atoms with van der Waals surface area (Å²) >= 11 is 0. The molecule has 1 aromatic heterocycles. The standard InChI is InChI=1S/C16H22N4O2/c1-12(2)16-17-15(22-18-16)11-19-7-9-20(10-8-19)13-5-3-4-6-14(13)21/h3-6,12,21H,7-11H2,1-2H3. The molecule has 1 aliphatic rings. The Morgan fingerprint density at radius 1 is 1.18 bits per heavy atom. The van der Waals surface area contributed by atoms with Crippen LogP contribution in [0.1, 0.15) is 31.5 Å². The third kappa shape index (κ3) is 3.22. The van der Waals surface area contributed by atoms with Crippen LogP contribution in [0.3, 0.4) is 0 Å². The fourth-order valence-electron chi connectivity index (χ4n) is 2.64. The van der Waals surface area contributed by atoms with Crippen LogP contribution in [0, 0.1) is 0 Å². The molecule has 1 aliphatic heterocycles. The zero-order valence-electron chi connectivity index (χ0n) is 13.1. The van der Waals surface area contributed by atoms with Crippen molar-refractivity contribution in [3.63, 3.8) is 0 Å². The van der Waals surface area contributed by atoms with Crippen molar-refractivity contribution in [2.75, 3.05) is 31.1 Å². The van der Waals surface area contributed by atoms with Crippen LogP contribution in [-0.4, -0.2) is 46.3 Å². The van der Waals surface area contributed by atoms with E-state index in [1.165, 1.54) is 0 Å². The minimum Gasteiger partial charge on any atom is -0.506 e. The first kappa shape index (κ1) is 14.8. The second kappa shape index (κ2) is 6.36. The molecule has 3 rings (SSSR count). The van der Waals surface area contributed by atoms with E-state index < -0.39 is 0 Å². The zero-order valence-corrected chi connectivity index (χ0v) is 13.1. The summed E-state index contributed by atoms with van der Waals surface area (Å²) in [5.74, 6) is 2.08. The van der Waals surface area contributed by atoms with Crippen molar-refractivity contribution in [2.45, 2.75) is 26.3 Å². The summed E-state index contributed by atoms with van der Waals surface area (Å²) in [7, 11) is 0. The highest BCUT2D eigenvalue weighted by atomic mass is 16.5. The maximum atomic E-state index is 9.93. The van der Waals surface area contributed by atoms with Gasteiger partial charge in [-0.1, -0.05) is 31.1 Å². The van der Waals surface area contributed by atoms with E-state index >= 15 is 0 Å². The van der Waals surface area contributed by atoms with Crippen LogP contribution in [0.2, 0.25) is 0 Å². The van der Waals surface area contributed by atoms with Crippen LogP contribution in [0.5, 0.6) is 5.75 Å². The Labute approximate surface area is 130 Å². The zero-order chi connectivity index (χ0) is 15.5. The van der Waals surface area contributed by atoms with Gasteiger partial charge in [-0.25, -0.2) is 0 Å². The molecule has 0 bridgehead atoms. The highest BCUT2D eigenvalue weighted by Gasteiger charge is 2.21. The van der Waals surface area contributed by atoms with E-state index in [0.29, 0.717) is 18.2 Å². The molecule has 0 amide bonds. The van der Waals surface area contributed by atoms with Crippen molar-refractivity contribution in [3.8, 4) is 5.75 Å². The topological polar surface area (TPSA) is 65.6 Å². The van der Waals surface area contributed by atoms with Gasteiger partial charge in [0.15, 0.2) is 5.82 Å². The third-order valence-electron chi connectivity index (χ3n) is 3.95. The van der Waals surface area contributed by atoms with Crippen LogP contribution in [0.4, 0.5) is 5.69 Å². The number of aromatic nitrogens is 2. The van der Waals surface area contributed by atoms with E-state index in [1.54, 1.807) is 6.07 Å². The molecule has 22 heavy (non-hydrogen) atoms. The Hall–Kier alpha value is -2.08. The second-order valence-electron chi connectivity index (χ2n) is 5.95. The van der Waals surface area contributed by atoms with Gasteiger partial charge in [0.1, 0.15) is 5.75 Å². The summed E-state index contributed by atoms with van der Waals surface area (Å²) in [5.41, 5.74) is 0.905. The molecule has 0 radical (unpaired) electrons. The second-order valence-corrected chi connectivity index (χ2v) is 5.95. The maximum Gasteiger partial charge on any atom is 0.240 e. The Balaban J connectivity index is 1.56. The molecule has 1 fully saturated rings. The first-order chi connectivity index (χ1) is 10.6. The van der Waals surface area contributed by atoms with Gasteiger partial charge >= 0.3 is 0 Å². The average molecular weight is 302 g/mol. The lowest BCUT2D eigenvalue weighted by Crippen LogP contribution is -2.46. The van der Waals surface area contributed by atoms with Crippen LogP contribution in [-0.2, 0) is 6.54 Å². The van der Waals surface area contributed by atoms with Crippen molar-refractivity contribution in [2.24, 2.45) is 0 Å². The van der Waals surface area contributed by atoms with Crippen LogP contribution in [0.15, 0.2) is 28.8 Å². The van der Waals surface area contributed by atoms with Crippen molar-refractivity contribution in [1.29, 1.82) is 0 Å². The number of phenolic OH excluding ortho intramolecular Hbond substituents is 1. The summed E-state index contributed by atoms with van der Waals surface area (Å²) in [6.07, 6.45) is 0. The molecule has 0 spiro atoms. The van der Waals surface area contributed by atoms with Crippen LogP contribution in [0.25, 0.3) is 0 Å². The normalized spacial score (nSPS) is 16.4. The number of aromatic hydroxyl groups is 1. The molecule has 0 saturated carbocycles. The lowest BCUT2D eigenvalue weighted by atomic mass is 10.2. The average Bonchev–Trinajstić information content (AvgIpc) is 2.98. The SMILES string of the molecule is CC(C)c1noc(CN2CCN(c3ccccc3O)CC2)n1. The van der Waals surface area contributed by atoms with Gasteiger partial charge in [-0.05, 0) is 12.1 Å². The van der Waals surface area contributed by atoms with E-state index in [9.17, 15) is 5.11 Å². The molecule has 6 nitrogen and oxygen atoms in total. The summed E-state index contributed by atoms with van der Waals surface area (Å²) in [6, 6.07) is 7.48. The number of rotatable bonds is 4. The lowest BCUT2D eigenvalue weighted by Gasteiger charge is -2.35. The maximum absolute atomic E-state index is 9.93. The molecule has 0 atom stereocenters. The number of phenols is 1. The van der Waals surface area contributed by atoms with Gasteiger partial charge in [0.25, 0.3) is 0 Å². The Morgan fingerprint density at radius 3 is 2.55 bits per heavy atom. The third-order valence-corrected chi connectivity index (χ3v) is 3.95. The minimum absolute atomic E-state index is 0.287. The molecular weight excluding hydrogens is 280 g/mol. The number of para-hydroxylation sites is 2. The number of nitrogens with zero attached hydrogens (tertiary/aromatic N) is 4. The molecule has 1 saturated heterocycles. The molecule has 2 heterocycles. The predicted molar refractivity (Wildman–Crippen MR) is 84.0 cm³/mol. The summed E-state index contributed by atoms with van der Waals surface area (Å²) in [5, 5.41) is 13.9. The Kier molecular flexibility index (Phi) is 4.29. The van der Waals surface area contributed by atoms with E-state index in [2.05, 4.69) is 33.8 Å². The van der Waals surface area contributed by atoms with Gasteiger partial charge in [0.05, 0.1) is 12.2 Å². The summed E-state index contributed by atoms with van der Waals surface area (Å²) < 4.78 is 5.30. The molecule has 1 N–H and O–H groups in total. The highest BCUT2D eigenvalue weighted by molar-refractivity contribution is 5.57. The quantitative estimate of drug-likeness (QED) is 0.934. The van der Waals surface area contributed by atoms with E-state index in [1.807, 2.05) is 18.2 Å². The molecule has 6 heteroatoms. The summed E-state index contributed by atoms with van der Waals surface area (Å²) in [6.45, 7) is 8.38. The fourth-order valence-corrected chi connectivity index (χ4v) is 2.64. The Morgan fingerprint density at radius 2 is 1.91 bits per heavy atom. The first-order valence-corrected chi connectivity index (χ1v) is 7.71. The van der Waals surface area contributed by atoms with E-state index in [4.69, 9.17) is 4.52 Å². The van der Waals surface area contributed by atoms with Crippen LogP contribution < -0.4 is 4.90 Å². The minimum atomic E-state index is 0.287. The van der Waals surface area contributed by atoms with Crippen molar-refractivity contribution < 1.29 is 9.63 Å². The van der Waals surface area contributed by atoms with E-state index in [-0.39, 0.29) is 5.92 Å². The molecule has 0 unspecified atom stereocenters. The van der Waals surface area contributed by atoms with E-state index in [0.717, 1.165) is 37.7 Å². The first-order valence-electron chi connectivity index (χ1n) is 7.71. The monoisotopic (exact) mass is 302 g/mol. The van der Waals surface area contributed by atoms with Gasteiger partial charge in [0, 0.05) is 32.1 Å². The number of hydrogen-bond donors (Lipinski definition) is 1. The van der Waals surface area contributed by atoms with Gasteiger partial charge in [-0.3, -0.25) is 4.90 Å². The number of benzene rings is 1. The smallest absolute Gasteiger partial charge is 0.240 e. The molecule has 0 aliphatic carbocycles. The number of anilines is 1. The largest absolute Gasteiger partial charge is 0.506 e. The molecule has 118 valence electrons. The number of hydrogen-bond acceptors (Lipinski definition) is 6. The Bertz CT molecular complexity index is 618. The number of piperazine rings is 1. The summed E-state index contributed by atoms with van der Waals surface area (Å²) in [4.78, 5) is 8.93. The fraction of sp³-hybridized carbons (Fsp3) is 0.500. The van der Waals surface area contributed by atoms with Gasteiger partial charge in [-0.2, -0.15) is 4.98 Å². The van der Waals surface area contributed by atoms with Crippen molar-refractivity contribution in [3.05, 3.63) is 36.0 Å². The highest BCUT2D eigenvalue weighted by Crippen LogP contribution is 2.27. The van der Waals surface area contributed by atoms with Crippen molar-refractivity contribution in [1.82, 2.24) is 15.0 Å². The van der Waals surface area contributed by atoms with Gasteiger partial charge < -0.3 is 14.5 Å².